The molecule has 0 heterocycles. The van der Waals surface area contributed by atoms with E-state index in [1.54, 1.807) is 7.11 Å². The van der Waals surface area contributed by atoms with Crippen molar-refractivity contribution in [1.82, 2.24) is 0 Å². The summed E-state index contributed by atoms with van der Waals surface area (Å²) >= 11 is 6.25. The van der Waals surface area contributed by atoms with E-state index in [9.17, 15) is 0 Å². The molecule has 106 valence electrons. The van der Waals surface area contributed by atoms with Gasteiger partial charge in [-0.25, -0.2) is 0 Å². The Morgan fingerprint density at radius 3 is 2.74 bits per heavy atom. The van der Waals surface area contributed by atoms with Gasteiger partial charge >= 0.3 is 0 Å². The molecule has 0 aromatic heterocycles. The maximum Gasteiger partial charge on any atom is 0.180 e. The van der Waals surface area contributed by atoms with Crippen LogP contribution in [-0.4, -0.2) is 19.8 Å². The summed E-state index contributed by atoms with van der Waals surface area (Å²) in [6, 6.07) is 3.97. The van der Waals surface area contributed by atoms with Crippen molar-refractivity contribution in [3.05, 3.63) is 34.9 Å². The van der Waals surface area contributed by atoms with E-state index in [0.717, 1.165) is 18.4 Å². The van der Waals surface area contributed by atoms with Crippen molar-refractivity contribution in [3.63, 3.8) is 0 Å². The minimum atomic E-state index is 0.135. The van der Waals surface area contributed by atoms with Crippen LogP contribution in [0.25, 0.3) is 0 Å². The summed E-state index contributed by atoms with van der Waals surface area (Å²) in [6.07, 6.45) is 5.55. The molecule has 0 aliphatic heterocycles. The number of halogens is 1. The minimum absolute atomic E-state index is 0.135. The normalized spacial score (nSPS) is 12.7. The molecule has 3 nitrogen and oxygen atoms in total. The van der Waals surface area contributed by atoms with Crippen LogP contribution in [0.1, 0.15) is 25.8 Å². The molecule has 19 heavy (non-hydrogen) atoms. The second-order valence-electron chi connectivity index (χ2n) is 4.36. The molecule has 0 spiro atoms. The lowest BCUT2D eigenvalue weighted by molar-refractivity contribution is 0.326. The standard InChI is InChI=1S/C15H22ClNO2/c1-4-6-7-19-15-13(16)9-11(8-12(17)5-2)10-14(15)18-3/h4,6,9-10,12H,5,7-8,17H2,1-3H3/b6-4+. The molecule has 0 amide bonds. The van der Waals surface area contributed by atoms with E-state index < -0.39 is 0 Å². The van der Waals surface area contributed by atoms with Crippen molar-refractivity contribution >= 4 is 11.6 Å². The molecule has 1 aromatic carbocycles. The van der Waals surface area contributed by atoms with Crippen molar-refractivity contribution < 1.29 is 9.47 Å². The van der Waals surface area contributed by atoms with Crippen molar-refractivity contribution in [2.45, 2.75) is 32.7 Å². The Bertz CT molecular complexity index is 432. The second kappa shape index (κ2) is 8.08. The van der Waals surface area contributed by atoms with Gasteiger partial charge in [-0.1, -0.05) is 30.7 Å². The Kier molecular flexibility index (Phi) is 6.74. The number of hydrogen-bond acceptors (Lipinski definition) is 3. The average molecular weight is 284 g/mol. The fourth-order valence-electron chi connectivity index (χ4n) is 1.71. The zero-order valence-electron chi connectivity index (χ0n) is 11.8. The molecule has 1 unspecified atom stereocenters. The molecular formula is C15H22ClNO2. The largest absolute Gasteiger partial charge is 0.493 e. The highest BCUT2D eigenvalue weighted by molar-refractivity contribution is 6.32. The lowest BCUT2D eigenvalue weighted by atomic mass is 10.0. The Balaban J connectivity index is 2.93. The average Bonchev–Trinajstić information content (AvgIpc) is 2.40. The molecule has 4 heteroatoms. The first kappa shape index (κ1) is 15.9. The summed E-state index contributed by atoms with van der Waals surface area (Å²) < 4.78 is 10.9. The highest BCUT2D eigenvalue weighted by Crippen LogP contribution is 2.36. The summed E-state index contributed by atoms with van der Waals surface area (Å²) in [6.45, 7) is 4.48. The molecule has 2 N–H and O–H groups in total. The van der Waals surface area contributed by atoms with E-state index >= 15 is 0 Å². The summed E-state index contributed by atoms with van der Waals surface area (Å²) in [5.74, 6) is 1.23. The number of methoxy groups -OCH3 is 1. The first-order valence-electron chi connectivity index (χ1n) is 6.48. The third-order valence-corrected chi connectivity index (χ3v) is 3.15. The lowest BCUT2D eigenvalue weighted by Crippen LogP contribution is -2.21. The van der Waals surface area contributed by atoms with E-state index in [2.05, 4.69) is 6.92 Å². The quantitative estimate of drug-likeness (QED) is 0.778. The zero-order valence-corrected chi connectivity index (χ0v) is 12.5. The number of rotatable bonds is 7. The van der Waals surface area contributed by atoms with Crippen LogP contribution in [0.15, 0.2) is 24.3 Å². The molecule has 1 aromatic rings. The van der Waals surface area contributed by atoms with Crippen molar-refractivity contribution in [3.8, 4) is 11.5 Å². The van der Waals surface area contributed by atoms with Crippen molar-refractivity contribution in [1.29, 1.82) is 0 Å². The predicted molar refractivity (Wildman–Crippen MR) is 80.3 cm³/mol. The summed E-state index contributed by atoms with van der Waals surface area (Å²) in [4.78, 5) is 0. The van der Waals surface area contributed by atoms with Gasteiger partial charge in [0.05, 0.1) is 12.1 Å². The van der Waals surface area contributed by atoms with Gasteiger partial charge in [0.25, 0.3) is 0 Å². The van der Waals surface area contributed by atoms with Gasteiger partial charge in [0.2, 0.25) is 0 Å². The van der Waals surface area contributed by atoms with Crippen LogP contribution >= 0.6 is 11.6 Å². The zero-order chi connectivity index (χ0) is 14.3. The summed E-state index contributed by atoms with van der Waals surface area (Å²) in [5.41, 5.74) is 7.02. The second-order valence-corrected chi connectivity index (χ2v) is 4.77. The monoisotopic (exact) mass is 283 g/mol. The van der Waals surface area contributed by atoms with Gasteiger partial charge in [0.1, 0.15) is 6.61 Å². The minimum Gasteiger partial charge on any atom is -0.493 e. The fourth-order valence-corrected chi connectivity index (χ4v) is 1.99. The first-order valence-corrected chi connectivity index (χ1v) is 6.86. The van der Waals surface area contributed by atoms with E-state index in [0.29, 0.717) is 23.1 Å². The molecule has 1 rings (SSSR count). The Morgan fingerprint density at radius 1 is 1.42 bits per heavy atom. The van der Waals surface area contributed by atoms with Crippen molar-refractivity contribution in [2.75, 3.05) is 13.7 Å². The number of nitrogens with two attached hydrogens (primary N) is 1. The predicted octanol–water partition coefficient (Wildman–Crippen LogP) is 3.58. The molecule has 0 aliphatic rings. The van der Waals surface area contributed by atoms with Gasteiger partial charge in [0, 0.05) is 6.04 Å². The van der Waals surface area contributed by atoms with Crippen LogP contribution in [0.2, 0.25) is 5.02 Å². The molecule has 1 atom stereocenters. The fraction of sp³-hybridized carbons (Fsp3) is 0.467. The van der Waals surface area contributed by atoms with E-state index in [1.807, 2.05) is 31.2 Å². The van der Waals surface area contributed by atoms with Crippen molar-refractivity contribution in [2.24, 2.45) is 5.73 Å². The molecule has 0 saturated heterocycles. The van der Waals surface area contributed by atoms with Gasteiger partial charge in [0.15, 0.2) is 11.5 Å². The Labute approximate surface area is 120 Å². The highest BCUT2D eigenvalue weighted by atomic mass is 35.5. The third kappa shape index (κ3) is 4.77. The first-order chi connectivity index (χ1) is 9.12. The van der Waals surface area contributed by atoms with E-state index in [4.69, 9.17) is 26.8 Å². The van der Waals surface area contributed by atoms with Crippen LogP contribution in [0.3, 0.4) is 0 Å². The Hall–Kier alpha value is -1.19. The van der Waals surface area contributed by atoms with Gasteiger partial charge < -0.3 is 15.2 Å². The van der Waals surface area contributed by atoms with Gasteiger partial charge in [-0.05, 0) is 37.5 Å². The summed E-state index contributed by atoms with van der Waals surface area (Å²) in [7, 11) is 1.61. The molecule has 0 aliphatic carbocycles. The van der Waals surface area contributed by atoms with Gasteiger partial charge in [-0.3, -0.25) is 0 Å². The number of ether oxygens (including phenoxy) is 2. The van der Waals surface area contributed by atoms with Crippen LogP contribution in [-0.2, 0) is 6.42 Å². The van der Waals surface area contributed by atoms with Crippen LogP contribution in [0.4, 0.5) is 0 Å². The van der Waals surface area contributed by atoms with Gasteiger partial charge in [-0.2, -0.15) is 0 Å². The van der Waals surface area contributed by atoms with E-state index in [1.165, 1.54) is 0 Å². The highest BCUT2D eigenvalue weighted by Gasteiger charge is 2.13. The van der Waals surface area contributed by atoms with Gasteiger partial charge in [-0.15, -0.1) is 0 Å². The number of hydrogen-bond donors (Lipinski definition) is 1. The van der Waals surface area contributed by atoms with Crippen LogP contribution < -0.4 is 15.2 Å². The van der Waals surface area contributed by atoms with E-state index in [-0.39, 0.29) is 6.04 Å². The van der Waals surface area contributed by atoms with Crippen LogP contribution in [0.5, 0.6) is 11.5 Å². The molecule has 0 fully saturated rings. The maximum atomic E-state index is 6.25. The third-order valence-electron chi connectivity index (χ3n) is 2.87. The molecule has 0 radical (unpaired) electrons. The summed E-state index contributed by atoms with van der Waals surface area (Å²) in [5, 5.41) is 0.558. The maximum absolute atomic E-state index is 6.25. The number of benzene rings is 1. The molecule has 0 saturated carbocycles. The number of allylic oxidation sites excluding steroid dienone is 1. The van der Waals surface area contributed by atoms with Crippen LogP contribution in [0, 0.1) is 0 Å². The lowest BCUT2D eigenvalue weighted by Gasteiger charge is -2.15. The molecule has 0 bridgehead atoms. The smallest absolute Gasteiger partial charge is 0.180 e. The molecular weight excluding hydrogens is 262 g/mol. The Morgan fingerprint density at radius 2 is 2.16 bits per heavy atom. The topological polar surface area (TPSA) is 44.5 Å². The SMILES string of the molecule is C/C=C/COc1c(Cl)cc(CC(N)CC)cc1OC.